The minimum atomic E-state index is -4.65. The van der Waals surface area contributed by atoms with Gasteiger partial charge in [0, 0.05) is 12.8 Å². The molecule has 5 nitrogen and oxygen atoms in total. The first-order chi connectivity index (χ1) is 6.82. The van der Waals surface area contributed by atoms with Gasteiger partial charge in [-0.15, -0.1) is 5.10 Å². The Morgan fingerprint density at radius 2 is 2.27 bits per heavy atom. The van der Waals surface area contributed by atoms with Crippen molar-refractivity contribution in [1.82, 2.24) is 14.8 Å². The fourth-order valence-electron chi connectivity index (χ4n) is 0.710. The van der Waals surface area contributed by atoms with Crippen molar-refractivity contribution in [2.75, 3.05) is 5.75 Å². The molecule has 0 amide bonds. The highest BCUT2D eigenvalue weighted by Crippen LogP contribution is 2.24. The molecule has 0 aliphatic heterocycles. The number of nitrogens with zero attached hydrogens (tertiary/aromatic N) is 2. The number of aromatic amines is 1. The summed E-state index contributed by atoms with van der Waals surface area (Å²) in [6.07, 6.45) is -7.07. The molecule has 0 radical (unpaired) electrons. The van der Waals surface area contributed by atoms with Gasteiger partial charge in [0.05, 0.1) is 0 Å². The Balaban J connectivity index is 2.58. The molecule has 86 valence electrons. The van der Waals surface area contributed by atoms with Crippen molar-refractivity contribution in [3.05, 3.63) is 10.5 Å². The number of hydrogen-bond acceptors (Lipinski definition) is 4. The number of rotatable bonds is 3. The molecule has 1 rings (SSSR count). The summed E-state index contributed by atoms with van der Waals surface area (Å²) >= 11 is 0.653. The monoisotopic (exact) mass is 243 g/mol. The molecule has 2 N–H and O–H groups in total. The quantitative estimate of drug-likeness (QED) is 0.740. The second-order valence-electron chi connectivity index (χ2n) is 2.74. The van der Waals surface area contributed by atoms with E-state index in [1.54, 1.807) is 0 Å². The molecule has 1 atom stereocenters. The van der Waals surface area contributed by atoms with Gasteiger partial charge in [0.25, 0.3) is 0 Å². The first-order valence-electron chi connectivity index (χ1n) is 3.81. The summed E-state index contributed by atoms with van der Waals surface area (Å²) < 4.78 is 36.8. The summed E-state index contributed by atoms with van der Waals surface area (Å²) in [7, 11) is 1.37. The largest absolute Gasteiger partial charge is 0.415 e. The van der Waals surface area contributed by atoms with Crippen LogP contribution in [0.2, 0.25) is 0 Å². The number of thioether (sulfide) groups is 1. The minimum Gasteiger partial charge on any atom is -0.383 e. The molecule has 0 aliphatic rings. The van der Waals surface area contributed by atoms with Crippen LogP contribution in [0.5, 0.6) is 0 Å². The predicted molar refractivity (Wildman–Crippen MR) is 46.6 cm³/mol. The summed E-state index contributed by atoms with van der Waals surface area (Å²) in [6, 6.07) is 0. The van der Waals surface area contributed by atoms with E-state index in [0.717, 1.165) is 4.57 Å². The Bertz CT molecular complexity index is 386. The highest BCUT2D eigenvalue weighted by molar-refractivity contribution is 7.99. The first-order valence-corrected chi connectivity index (χ1v) is 4.80. The molecule has 0 aromatic carbocycles. The van der Waals surface area contributed by atoms with Crippen LogP contribution in [0.1, 0.15) is 0 Å². The Morgan fingerprint density at radius 1 is 1.67 bits per heavy atom. The van der Waals surface area contributed by atoms with Crippen LogP contribution in [0, 0.1) is 0 Å². The fraction of sp³-hybridized carbons (Fsp3) is 0.667. The summed E-state index contributed by atoms with van der Waals surface area (Å²) in [5.41, 5.74) is -0.515. The fourth-order valence-corrected chi connectivity index (χ4v) is 1.59. The third-order valence-electron chi connectivity index (χ3n) is 1.59. The van der Waals surface area contributed by atoms with Crippen LogP contribution in [0.4, 0.5) is 13.2 Å². The Kier molecular flexibility index (Phi) is 3.45. The van der Waals surface area contributed by atoms with Crippen molar-refractivity contribution in [3.63, 3.8) is 0 Å². The zero-order valence-corrected chi connectivity index (χ0v) is 8.39. The molecule has 0 aliphatic carbocycles. The average molecular weight is 243 g/mol. The maximum Gasteiger partial charge on any atom is 0.415 e. The van der Waals surface area contributed by atoms with Crippen LogP contribution in [-0.2, 0) is 7.05 Å². The number of nitrogens with one attached hydrogen (secondary N) is 1. The van der Waals surface area contributed by atoms with Gasteiger partial charge >= 0.3 is 11.9 Å². The second-order valence-corrected chi connectivity index (χ2v) is 3.73. The van der Waals surface area contributed by atoms with Crippen LogP contribution >= 0.6 is 11.8 Å². The number of aliphatic hydroxyl groups is 1. The summed E-state index contributed by atoms with van der Waals surface area (Å²) in [4.78, 5) is 10.8. The van der Waals surface area contributed by atoms with Crippen molar-refractivity contribution >= 4 is 11.8 Å². The lowest BCUT2D eigenvalue weighted by atomic mass is 10.4. The summed E-state index contributed by atoms with van der Waals surface area (Å²) in [5.74, 6) is -0.596. The van der Waals surface area contributed by atoms with Crippen molar-refractivity contribution in [3.8, 4) is 0 Å². The highest BCUT2D eigenvalue weighted by Gasteiger charge is 2.38. The van der Waals surface area contributed by atoms with Gasteiger partial charge in [-0.1, -0.05) is 11.8 Å². The zero-order chi connectivity index (χ0) is 11.6. The molecule has 0 saturated heterocycles. The van der Waals surface area contributed by atoms with Gasteiger partial charge < -0.3 is 5.11 Å². The lowest BCUT2D eigenvalue weighted by Gasteiger charge is -2.12. The van der Waals surface area contributed by atoms with E-state index >= 15 is 0 Å². The lowest BCUT2D eigenvalue weighted by Crippen LogP contribution is -2.30. The number of H-pyrrole nitrogens is 1. The Labute approximate surface area is 86.3 Å². The van der Waals surface area contributed by atoms with E-state index in [1.807, 2.05) is 0 Å². The standard InChI is InChI=1S/C6H8F3N3O2S/c1-12-4(14)10-11-5(12)15-2-3(13)6(7,8)9/h3,13H,2H2,1H3,(H,10,14). The number of aromatic nitrogens is 3. The molecule has 1 heterocycles. The SMILES string of the molecule is Cn1c(SCC(O)C(F)(F)F)n[nH]c1=O. The van der Waals surface area contributed by atoms with Gasteiger partial charge in [-0.2, -0.15) is 13.2 Å². The topological polar surface area (TPSA) is 70.9 Å². The normalized spacial score (nSPS) is 14.2. The van der Waals surface area contributed by atoms with Crippen molar-refractivity contribution in [2.45, 2.75) is 17.4 Å². The van der Waals surface area contributed by atoms with Gasteiger partial charge in [0.2, 0.25) is 0 Å². The van der Waals surface area contributed by atoms with Crippen LogP contribution in [0.15, 0.2) is 9.95 Å². The van der Waals surface area contributed by atoms with E-state index in [4.69, 9.17) is 5.11 Å². The van der Waals surface area contributed by atoms with Crippen LogP contribution in [-0.4, -0.2) is 37.9 Å². The van der Waals surface area contributed by atoms with Crippen molar-refractivity contribution < 1.29 is 18.3 Å². The van der Waals surface area contributed by atoms with E-state index in [0.29, 0.717) is 11.8 Å². The maximum atomic E-state index is 11.9. The molecule has 9 heteroatoms. The minimum absolute atomic E-state index is 0.100. The Hall–Kier alpha value is -0.960. The molecular weight excluding hydrogens is 235 g/mol. The number of hydrogen-bond donors (Lipinski definition) is 2. The number of alkyl halides is 3. The van der Waals surface area contributed by atoms with E-state index in [2.05, 4.69) is 10.2 Å². The molecule has 1 aromatic heterocycles. The Morgan fingerprint density at radius 3 is 2.67 bits per heavy atom. The second kappa shape index (κ2) is 4.27. The molecule has 0 spiro atoms. The van der Waals surface area contributed by atoms with E-state index in [9.17, 15) is 18.0 Å². The van der Waals surface area contributed by atoms with Gasteiger partial charge in [-0.25, -0.2) is 9.89 Å². The zero-order valence-electron chi connectivity index (χ0n) is 7.58. The van der Waals surface area contributed by atoms with Crippen LogP contribution in [0.3, 0.4) is 0 Å². The van der Waals surface area contributed by atoms with Crippen LogP contribution < -0.4 is 5.69 Å². The molecular formula is C6H8F3N3O2S. The van der Waals surface area contributed by atoms with Crippen molar-refractivity contribution in [1.29, 1.82) is 0 Å². The molecule has 1 unspecified atom stereocenters. The summed E-state index contributed by atoms with van der Waals surface area (Å²) in [6.45, 7) is 0. The average Bonchev–Trinajstić information content (AvgIpc) is 2.43. The maximum absolute atomic E-state index is 11.9. The van der Waals surface area contributed by atoms with Gasteiger partial charge in [-0.05, 0) is 0 Å². The third-order valence-corrected chi connectivity index (χ3v) is 2.69. The van der Waals surface area contributed by atoms with E-state index in [1.165, 1.54) is 7.05 Å². The van der Waals surface area contributed by atoms with Gasteiger partial charge in [0.1, 0.15) is 0 Å². The van der Waals surface area contributed by atoms with Crippen LogP contribution in [0.25, 0.3) is 0 Å². The van der Waals surface area contributed by atoms with Gasteiger partial charge in [0.15, 0.2) is 11.3 Å². The lowest BCUT2D eigenvalue weighted by molar-refractivity contribution is -0.195. The molecule has 0 bridgehead atoms. The third kappa shape index (κ3) is 2.99. The molecule has 0 fully saturated rings. The molecule has 0 saturated carbocycles. The first kappa shape index (κ1) is 12.1. The predicted octanol–water partition coefficient (Wildman–Crippen LogP) is 0.124. The molecule has 1 aromatic rings. The highest BCUT2D eigenvalue weighted by atomic mass is 32.2. The van der Waals surface area contributed by atoms with E-state index in [-0.39, 0.29) is 5.16 Å². The summed E-state index contributed by atoms with van der Waals surface area (Å²) in [5, 5.41) is 14.3. The smallest absolute Gasteiger partial charge is 0.383 e. The molecule has 15 heavy (non-hydrogen) atoms. The number of halogens is 3. The van der Waals surface area contributed by atoms with Crippen molar-refractivity contribution in [2.24, 2.45) is 7.05 Å². The number of aliphatic hydroxyl groups excluding tert-OH is 1. The van der Waals surface area contributed by atoms with E-state index < -0.39 is 23.7 Å². The van der Waals surface area contributed by atoms with Gasteiger partial charge in [-0.3, -0.25) is 4.57 Å².